The first-order chi connectivity index (χ1) is 12.5. The van der Waals surface area contributed by atoms with Crippen molar-refractivity contribution in [1.82, 2.24) is 0 Å². The first-order valence-corrected chi connectivity index (χ1v) is 11.1. The van der Waals surface area contributed by atoms with Crippen LogP contribution in [-0.4, -0.2) is 11.8 Å². The SMILES string of the molecule is CCCCCCCCCCCCCCC(C(N)=O)C(CCCC)C(N)=O. The monoisotopic (exact) mass is 368 g/mol. The lowest BCUT2D eigenvalue weighted by Crippen LogP contribution is -2.37. The summed E-state index contributed by atoms with van der Waals surface area (Å²) in [6.45, 7) is 4.33. The lowest BCUT2D eigenvalue weighted by molar-refractivity contribution is -0.132. The van der Waals surface area contributed by atoms with E-state index in [-0.39, 0.29) is 23.7 Å². The largest absolute Gasteiger partial charge is 0.369 e. The van der Waals surface area contributed by atoms with E-state index in [0.29, 0.717) is 12.8 Å². The number of hydrogen-bond donors (Lipinski definition) is 2. The number of hydrogen-bond acceptors (Lipinski definition) is 2. The van der Waals surface area contributed by atoms with Gasteiger partial charge >= 0.3 is 0 Å². The summed E-state index contributed by atoms with van der Waals surface area (Å²) in [7, 11) is 0. The van der Waals surface area contributed by atoms with Crippen LogP contribution >= 0.6 is 0 Å². The first kappa shape index (κ1) is 24.9. The van der Waals surface area contributed by atoms with Crippen LogP contribution in [0.1, 0.15) is 117 Å². The van der Waals surface area contributed by atoms with Gasteiger partial charge in [-0.2, -0.15) is 0 Å². The fraction of sp³-hybridized carbons (Fsp3) is 0.909. The molecule has 0 saturated carbocycles. The predicted molar refractivity (Wildman–Crippen MR) is 111 cm³/mol. The lowest BCUT2D eigenvalue weighted by Gasteiger charge is -2.22. The molecule has 0 fully saturated rings. The average Bonchev–Trinajstić information content (AvgIpc) is 2.60. The number of unbranched alkanes of at least 4 members (excludes halogenated alkanes) is 12. The summed E-state index contributed by atoms with van der Waals surface area (Å²) in [5, 5.41) is 0. The fourth-order valence-corrected chi connectivity index (χ4v) is 3.71. The quantitative estimate of drug-likeness (QED) is 0.296. The van der Waals surface area contributed by atoms with Gasteiger partial charge in [0.15, 0.2) is 0 Å². The van der Waals surface area contributed by atoms with Crippen LogP contribution in [0.3, 0.4) is 0 Å². The molecule has 2 unspecified atom stereocenters. The number of carbonyl (C=O) groups is 2. The third-order valence-electron chi connectivity index (χ3n) is 5.45. The summed E-state index contributed by atoms with van der Waals surface area (Å²) >= 11 is 0. The Labute approximate surface area is 161 Å². The molecule has 0 saturated heterocycles. The van der Waals surface area contributed by atoms with Gasteiger partial charge in [0.2, 0.25) is 11.8 Å². The molecule has 0 radical (unpaired) electrons. The molecule has 0 heterocycles. The van der Waals surface area contributed by atoms with Gasteiger partial charge in [-0.1, -0.05) is 104 Å². The third kappa shape index (κ3) is 13.2. The zero-order valence-corrected chi connectivity index (χ0v) is 17.4. The van der Waals surface area contributed by atoms with Crippen LogP contribution in [-0.2, 0) is 9.59 Å². The summed E-state index contributed by atoms with van der Waals surface area (Å²) in [5.74, 6) is -1.52. The Hall–Kier alpha value is -1.06. The molecular formula is C22H44N2O2. The van der Waals surface area contributed by atoms with Crippen molar-refractivity contribution in [1.29, 1.82) is 0 Å². The van der Waals surface area contributed by atoms with E-state index < -0.39 is 0 Å². The van der Waals surface area contributed by atoms with Gasteiger partial charge in [0.25, 0.3) is 0 Å². The van der Waals surface area contributed by atoms with Gasteiger partial charge in [-0.05, 0) is 12.8 Å². The molecule has 4 nitrogen and oxygen atoms in total. The Morgan fingerprint density at radius 3 is 1.19 bits per heavy atom. The van der Waals surface area contributed by atoms with Crippen LogP contribution in [0.25, 0.3) is 0 Å². The highest BCUT2D eigenvalue weighted by molar-refractivity contribution is 5.85. The fourth-order valence-electron chi connectivity index (χ4n) is 3.71. The summed E-state index contributed by atoms with van der Waals surface area (Å²) in [6.07, 6.45) is 18.7. The van der Waals surface area contributed by atoms with Crippen LogP contribution in [0.15, 0.2) is 0 Å². The first-order valence-electron chi connectivity index (χ1n) is 11.1. The zero-order valence-electron chi connectivity index (χ0n) is 17.4. The average molecular weight is 369 g/mol. The molecule has 0 aliphatic heterocycles. The van der Waals surface area contributed by atoms with E-state index in [1.807, 2.05) is 0 Å². The zero-order chi connectivity index (χ0) is 19.6. The molecule has 0 aromatic rings. The van der Waals surface area contributed by atoms with E-state index in [0.717, 1.165) is 25.7 Å². The van der Waals surface area contributed by atoms with Crippen molar-refractivity contribution in [3.8, 4) is 0 Å². The van der Waals surface area contributed by atoms with Crippen molar-refractivity contribution >= 4 is 11.8 Å². The number of nitrogens with two attached hydrogens (primary N) is 2. The summed E-state index contributed by atoms with van der Waals surface area (Å²) in [4.78, 5) is 23.4. The van der Waals surface area contributed by atoms with Gasteiger partial charge in [0.05, 0.1) is 0 Å². The van der Waals surface area contributed by atoms with Crippen LogP contribution in [0.4, 0.5) is 0 Å². The van der Waals surface area contributed by atoms with Gasteiger partial charge < -0.3 is 11.5 Å². The molecule has 0 aliphatic rings. The number of primary amides is 2. The van der Waals surface area contributed by atoms with E-state index in [2.05, 4.69) is 13.8 Å². The minimum Gasteiger partial charge on any atom is -0.369 e. The Balaban J connectivity index is 3.80. The maximum atomic E-state index is 11.8. The third-order valence-corrected chi connectivity index (χ3v) is 5.45. The van der Waals surface area contributed by atoms with Crippen LogP contribution in [0.2, 0.25) is 0 Å². The van der Waals surface area contributed by atoms with E-state index >= 15 is 0 Å². The molecule has 26 heavy (non-hydrogen) atoms. The molecule has 0 aliphatic carbocycles. The normalized spacial score (nSPS) is 13.5. The summed E-state index contributed by atoms with van der Waals surface area (Å²) in [6, 6.07) is 0. The van der Waals surface area contributed by atoms with Gasteiger partial charge in [0.1, 0.15) is 0 Å². The second-order valence-electron chi connectivity index (χ2n) is 7.84. The molecule has 4 heteroatoms. The van der Waals surface area contributed by atoms with E-state index in [4.69, 9.17) is 11.5 Å². The van der Waals surface area contributed by atoms with Crippen molar-refractivity contribution in [3.63, 3.8) is 0 Å². The Kier molecular flexibility index (Phi) is 16.7. The second-order valence-corrected chi connectivity index (χ2v) is 7.84. The maximum Gasteiger partial charge on any atom is 0.221 e. The molecule has 0 spiro atoms. The standard InChI is InChI=1S/C22H44N2O2/c1-3-5-7-8-9-10-11-12-13-14-15-16-18-20(22(24)26)19(21(23)25)17-6-4-2/h19-20H,3-18H2,1-2H3,(H2,23,25)(H2,24,26). The molecular weight excluding hydrogens is 324 g/mol. The molecule has 2 atom stereocenters. The molecule has 0 rings (SSSR count). The summed E-state index contributed by atoms with van der Waals surface area (Å²) in [5.41, 5.74) is 11.0. The Morgan fingerprint density at radius 1 is 0.538 bits per heavy atom. The Morgan fingerprint density at radius 2 is 0.846 bits per heavy atom. The second kappa shape index (κ2) is 17.4. The maximum absolute atomic E-state index is 11.8. The minimum atomic E-state index is -0.389. The van der Waals surface area contributed by atoms with Crippen molar-refractivity contribution in [2.45, 2.75) is 117 Å². The van der Waals surface area contributed by atoms with E-state index in [9.17, 15) is 9.59 Å². The van der Waals surface area contributed by atoms with Gasteiger partial charge in [-0.3, -0.25) is 9.59 Å². The molecule has 0 aromatic carbocycles. The summed E-state index contributed by atoms with van der Waals surface area (Å²) < 4.78 is 0. The highest BCUT2D eigenvalue weighted by Crippen LogP contribution is 2.24. The van der Waals surface area contributed by atoms with Crippen molar-refractivity contribution in [2.24, 2.45) is 23.3 Å². The van der Waals surface area contributed by atoms with Gasteiger partial charge in [0, 0.05) is 11.8 Å². The molecule has 154 valence electrons. The number of rotatable bonds is 19. The molecule has 2 amide bonds. The molecule has 0 bridgehead atoms. The van der Waals surface area contributed by atoms with Crippen LogP contribution in [0, 0.1) is 11.8 Å². The smallest absolute Gasteiger partial charge is 0.221 e. The van der Waals surface area contributed by atoms with Gasteiger partial charge in [-0.25, -0.2) is 0 Å². The highest BCUT2D eigenvalue weighted by atomic mass is 16.2. The number of amides is 2. The minimum absolute atomic E-state index is 0.368. The highest BCUT2D eigenvalue weighted by Gasteiger charge is 2.29. The van der Waals surface area contributed by atoms with Crippen LogP contribution in [0.5, 0.6) is 0 Å². The topological polar surface area (TPSA) is 86.2 Å². The Bertz CT molecular complexity index is 358. The lowest BCUT2D eigenvalue weighted by atomic mass is 9.83. The molecule has 0 aromatic heterocycles. The van der Waals surface area contributed by atoms with E-state index in [1.54, 1.807) is 0 Å². The van der Waals surface area contributed by atoms with Crippen molar-refractivity contribution in [3.05, 3.63) is 0 Å². The van der Waals surface area contributed by atoms with Crippen molar-refractivity contribution < 1.29 is 9.59 Å². The van der Waals surface area contributed by atoms with Gasteiger partial charge in [-0.15, -0.1) is 0 Å². The number of carbonyl (C=O) groups excluding carboxylic acids is 2. The predicted octanol–water partition coefficient (Wildman–Crippen LogP) is 5.47. The van der Waals surface area contributed by atoms with E-state index in [1.165, 1.54) is 64.2 Å². The van der Waals surface area contributed by atoms with Crippen molar-refractivity contribution in [2.75, 3.05) is 0 Å². The van der Waals surface area contributed by atoms with Crippen LogP contribution < -0.4 is 11.5 Å². The molecule has 4 N–H and O–H groups in total.